The van der Waals surface area contributed by atoms with Crippen molar-refractivity contribution < 1.29 is 13.2 Å². The van der Waals surface area contributed by atoms with Gasteiger partial charge in [-0.2, -0.15) is 0 Å². The number of sulfonamides is 1. The maximum atomic E-state index is 12.3. The van der Waals surface area contributed by atoms with Gasteiger partial charge in [-0.15, -0.1) is 0 Å². The third-order valence-electron chi connectivity index (χ3n) is 4.12. The molecule has 7 nitrogen and oxygen atoms in total. The minimum Gasteiger partial charge on any atom is -0.378 e. The van der Waals surface area contributed by atoms with E-state index in [-0.39, 0.29) is 17.3 Å². The number of nitrogens with zero attached hydrogens (tertiary/aromatic N) is 2. The molecule has 0 aliphatic carbocycles. The number of nitrogens with two attached hydrogens (primary N) is 1. The highest BCUT2D eigenvalue weighted by atomic mass is 32.2. The summed E-state index contributed by atoms with van der Waals surface area (Å²) in [6.07, 6.45) is 0. The number of carbonyl (C=O) groups is 1. The second-order valence-corrected chi connectivity index (χ2v) is 8.05. The lowest BCUT2D eigenvalue weighted by Gasteiger charge is -2.20. The predicted molar refractivity (Wildman–Crippen MR) is 108 cm³/mol. The van der Waals surface area contributed by atoms with Crippen LogP contribution in [-0.2, 0) is 21.4 Å². The number of rotatable bonds is 8. The number of hydrogen-bond donors (Lipinski definition) is 2. The van der Waals surface area contributed by atoms with Crippen molar-refractivity contribution in [1.29, 1.82) is 0 Å². The molecule has 8 heteroatoms. The Labute approximate surface area is 160 Å². The van der Waals surface area contributed by atoms with E-state index in [0.717, 1.165) is 11.3 Å². The van der Waals surface area contributed by atoms with Crippen molar-refractivity contribution in [1.82, 2.24) is 4.90 Å². The second kappa shape index (κ2) is 8.98. The molecule has 2 rings (SSSR count). The molecule has 2 aromatic rings. The Morgan fingerprint density at radius 3 is 2.33 bits per heavy atom. The molecule has 0 spiro atoms. The van der Waals surface area contributed by atoms with Crippen LogP contribution >= 0.6 is 0 Å². The number of amides is 1. The van der Waals surface area contributed by atoms with Gasteiger partial charge in [-0.25, -0.2) is 13.6 Å². The predicted octanol–water partition coefficient (Wildman–Crippen LogP) is 1.86. The van der Waals surface area contributed by atoms with E-state index in [1.54, 1.807) is 12.1 Å². The average molecular weight is 391 g/mol. The zero-order chi connectivity index (χ0) is 20.0. The van der Waals surface area contributed by atoms with Gasteiger partial charge in [-0.1, -0.05) is 25.1 Å². The van der Waals surface area contributed by atoms with Crippen LogP contribution in [0.1, 0.15) is 12.5 Å². The molecule has 27 heavy (non-hydrogen) atoms. The molecule has 0 fully saturated rings. The topological polar surface area (TPSA) is 95.7 Å². The Morgan fingerprint density at radius 2 is 1.78 bits per heavy atom. The van der Waals surface area contributed by atoms with Crippen LogP contribution in [0, 0.1) is 0 Å². The van der Waals surface area contributed by atoms with E-state index >= 15 is 0 Å². The van der Waals surface area contributed by atoms with Crippen LogP contribution in [0.25, 0.3) is 0 Å². The molecular formula is C19H26N4O3S. The van der Waals surface area contributed by atoms with E-state index in [1.807, 2.05) is 55.1 Å². The van der Waals surface area contributed by atoms with E-state index in [2.05, 4.69) is 5.32 Å². The normalized spacial score (nSPS) is 11.4. The van der Waals surface area contributed by atoms with E-state index in [9.17, 15) is 13.2 Å². The summed E-state index contributed by atoms with van der Waals surface area (Å²) in [7, 11) is 0.173. The van der Waals surface area contributed by atoms with Gasteiger partial charge in [-0.05, 0) is 42.4 Å². The molecule has 0 atom stereocenters. The van der Waals surface area contributed by atoms with E-state index in [0.29, 0.717) is 18.8 Å². The molecule has 0 unspecified atom stereocenters. The van der Waals surface area contributed by atoms with Gasteiger partial charge in [0.2, 0.25) is 15.9 Å². The molecule has 146 valence electrons. The number of hydrogen-bond acceptors (Lipinski definition) is 5. The second-order valence-electron chi connectivity index (χ2n) is 6.49. The van der Waals surface area contributed by atoms with Crippen molar-refractivity contribution in [3.63, 3.8) is 0 Å². The molecule has 0 heterocycles. The third kappa shape index (κ3) is 6.35. The van der Waals surface area contributed by atoms with Gasteiger partial charge < -0.3 is 10.2 Å². The fourth-order valence-corrected chi connectivity index (χ4v) is 3.15. The van der Waals surface area contributed by atoms with Crippen molar-refractivity contribution in [3.8, 4) is 0 Å². The molecule has 0 radical (unpaired) electrons. The highest BCUT2D eigenvalue weighted by Gasteiger charge is 2.12. The van der Waals surface area contributed by atoms with Crippen molar-refractivity contribution in [3.05, 3.63) is 54.1 Å². The summed E-state index contributed by atoms with van der Waals surface area (Å²) in [6.45, 7) is 3.55. The zero-order valence-electron chi connectivity index (χ0n) is 15.8. The number of carbonyl (C=O) groups excluding carboxylic acids is 1. The summed E-state index contributed by atoms with van der Waals surface area (Å²) < 4.78 is 22.8. The molecule has 0 aliphatic rings. The van der Waals surface area contributed by atoms with Gasteiger partial charge >= 0.3 is 0 Å². The monoisotopic (exact) mass is 390 g/mol. The summed E-state index contributed by atoms with van der Waals surface area (Å²) >= 11 is 0. The first kappa shape index (κ1) is 20.9. The van der Waals surface area contributed by atoms with E-state index in [4.69, 9.17) is 5.14 Å². The highest BCUT2D eigenvalue weighted by molar-refractivity contribution is 7.89. The fraction of sp³-hybridized carbons (Fsp3) is 0.316. The third-order valence-corrected chi connectivity index (χ3v) is 5.03. The van der Waals surface area contributed by atoms with Crippen LogP contribution < -0.4 is 15.4 Å². The Balaban J connectivity index is 1.98. The Morgan fingerprint density at radius 1 is 1.11 bits per heavy atom. The van der Waals surface area contributed by atoms with Crippen LogP contribution in [0.2, 0.25) is 0 Å². The minimum absolute atomic E-state index is 0.0337. The molecule has 2 aromatic carbocycles. The van der Waals surface area contributed by atoms with Crippen LogP contribution in [0.5, 0.6) is 0 Å². The zero-order valence-corrected chi connectivity index (χ0v) is 16.7. The molecule has 0 bridgehead atoms. The van der Waals surface area contributed by atoms with Gasteiger partial charge in [0, 0.05) is 32.0 Å². The molecule has 1 amide bonds. The standard InChI is InChI=1S/C19H26N4O3S/c1-4-23(13-15-8-10-17(11-9-15)22(2)3)14-19(24)21-16-6-5-7-18(12-16)27(20,25)26/h5-12H,4,13-14H2,1-3H3,(H,21,24)(H2,20,25,26). The van der Waals surface area contributed by atoms with Gasteiger partial charge in [0.1, 0.15) is 0 Å². The fourth-order valence-electron chi connectivity index (χ4n) is 2.59. The SMILES string of the molecule is CCN(CC(=O)Nc1cccc(S(N)(=O)=O)c1)Cc1ccc(N(C)C)cc1. The first-order chi connectivity index (χ1) is 12.7. The molecule has 0 saturated heterocycles. The van der Waals surface area contributed by atoms with Gasteiger partial charge in [0.05, 0.1) is 11.4 Å². The molecule has 0 aliphatic heterocycles. The van der Waals surface area contributed by atoms with Gasteiger partial charge in [-0.3, -0.25) is 9.69 Å². The Bertz CT molecular complexity index is 880. The maximum Gasteiger partial charge on any atom is 0.238 e. The number of primary sulfonamides is 1. The Kier molecular flexibility index (Phi) is 6.95. The van der Waals surface area contributed by atoms with Gasteiger partial charge in [0.15, 0.2) is 0 Å². The molecule has 0 aromatic heterocycles. The van der Waals surface area contributed by atoms with Crippen molar-refractivity contribution in [2.75, 3.05) is 37.4 Å². The summed E-state index contributed by atoms with van der Waals surface area (Å²) in [6, 6.07) is 14.1. The van der Waals surface area contributed by atoms with E-state index in [1.165, 1.54) is 12.1 Å². The highest BCUT2D eigenvalue weighted by Crippen LogP contribution is 2.15. The lowest BCUT2D eigenvalue weighted by atomic mass is 10.2. The number of benzene rings is 2. The molecule has 0 saturated carbocycles. The number of anilines is 2. The lowest BCUT2D eigenvalue weighted by Crippen LogP contribution is -2.32. The summed E-state index contributed by atoms with van der Waals surface area (Å²) in [5.41, 5.74) is 2.64. The number of likely N-dealkylation sites (N-methyl/N-ethyl adjacent to an activating group) is 1. The summed E-state index contributed by atoms with van der Waals surface area (Å²) in [5, 5.41) is 7.84. The van der Waals surface area contributed by atoms with Crippen molar-refractivity contribution >= 4 is 27.3 Å². The Hall–Kier alpha value is -2.42. The van der Waals surface area contributed by atoms with Crippen LogP contribution in [0.4, 0.5) is 11.4 Å². The molecule has 3 N–H and O–H groups in total. The molecular weight excluding hydrogens is 364 g/mol. The first-order valence-electron chi connectivity index (χ1n) is 8.60. The quantitative estimate of drug-likeness (QED) is 0.717. The average Bonchev–Trinajstić information content (AvgIpc) is 2.61. The van der Waals surface area contributed by atoms with Crippen molar-refractivity contribution in [2.24, 2.45) is 5.14 Å². The largest absolute Gasteiger partial charge is 0.378 e. The smallest absolute Gasteiger partial charge is 0.238 e. The van der Waals surface area contributed by atoms with Crippen LogP contribution in [0.3, 0.4) is 0 Å². The van der Waals surface area contributed by atoms with E-state index < -0.39 is 10.0 Å². The maximum absolute atomic E-state index is 12.3. The minimum atomic E-state index is -3.80. The lowest BCUT2D eigenvalue weighted by molar-refractivity contribution is -0.117. The van der Waals surface area contributed by atoms with Gasteiger partial charge in [0.25, 0.3) is 0 Å². The van der Waals surface area contributed by atoms with Crippen LogP contribution in [-0.4, -0.2) is 46.4 Å². The number of nitrogens with one attached hydrogen (secondary N) is 1. The first-order valence-corrected chi connectivity index (χ1v) is 10.1. The van der Waals surface area contributed by atoms with Crippen molar-refractivity contribution in [2.45, 2.75) is 18.4 Å². The summed E-state index contributed by atoms with van der Waals surface area (Å²) in [5.74, 6) is -0.215. The van der Waals surface area contributed by atoms with Crippen LogP contribution in [0.15, 0.2) is 53.4 Å². The summed E-state index contributed by atoms with van der Waals surface area (Å²) in [4.78, 5) is 16.3.